The third-order valence-corrected chi connectivity index (χ3v) is 5.19. The van der Waals surface area contributed by atoms with Crippen molar-refractivity contribution < 1.29 is 4.79 Å². The molecule has 0 spiro atoms. The normalized spacial score (nSPS) is 10.6. The number of para-hydroxylation sites is 1. The first-order chi connectivity index (χ1) is 12.5. The molecular formula is C19H12Cl4N2O. The average Bonchev–Trinajstić information content (AvgIpc) is 2.65. The Bertz CT molecular complexity index is 933. The van der Waals surface area contributed by atoms with Crippen LogP contribution in [0.4, 0.5) is 5.69 Å². The first-order valence-corrected chi connectivity index (χ1v) is 9.11. The summed E-state index contributed by atoms with van der Waals surface area (Å²) in [4.78, 5) is 18.7. The molecule has 26 heavy (non-hydrogen) atoms. The zero-order valence-electron chi connectivity index (χ0n) is 13.3. The predicted molar refractivity (Wildman–Crippen MR) is 108 cm³/mol. The summed E-state index contributed by atoms with van der Waals surface area (Å²) < 4.78 is 0. The number of aromatic nitrogens is 1. The molecule has 3 nitrogen and oxygen atoms in total. The fraction of sp³-hybridized carbons (Fsp3) is 0.0526. The minimum absolute atomic E-state index is 0.00574. The summed E-state index contributed by atoms with van der Waals surface area (Å²) in [5.41, 5.74) is 1.66. The SMILES string of the molecule is O=C(c1c(Cl)nc(Cl)c(Cl)c1Cl)N(Cc1ccccc1)c1ccccc1. The third kappa shape index (κ3) is 3.97. The van der Waals surface area contributed by atoms with Gasteiger partial charge in [0, 0.05) is 5.69 Å². The van der Waals surface area contributed by atoms with Crippen molar-refractivity contribution in [3.8, 4) is 0 Å². The highest BCUT2D eigenvalue weighted by molar-refractivity contribution is 6.50. The van der Waals surface area contributed by atoms with E-state index in [9.17, 15) is 4.79 Å². The topological polar surface area (TPSA) is 33.2 Å². The highest BCUT2D eigenvalue weighted by atomic mass is 35.5. The van der Waals surface area contributed by atoms with Gasteiger partial charge in [-0.3, -0.25) is 4.79 Å². The Morgan fingerprint density at radius 2 is 1.38 bits per heavy atom. The van der Waals surface area contributed by atoms with Crippen molar-refractivity contribution in [2.75, 3.05) is 4.90 Å². The van der Waals surface area contributed by atoms with Crippen LogP contribution in [0, 0.1) is 0 Å². The van der Waals surface area contributed by atoms with Gasteiger partial charge < -0.3 is 4.90 Å². The molecule has 132 valence electrons. The highest BCUT2D eigenvalue weighted by Gasteiger charge is 2.26. The van der Waals surface area contributed by atoms with Crippen LogP contribution in [0.2, 0.25) is 20.4 Å². The second-order valence-electron chi connectivity index (χ2n) is 5.41. The van der Waals surface area contributed by atoms with Crippen molar-refractivity contribution >= 4 is 58.0 Å². The Morgan fingerprint density at radius 1 is 0.808 bits per heavy atom. The van der Waals surface area contributed by atoms with Crippen LogP contribution in [0.3, 0.4) is 0 Å². The van der Waals surface area contributed by atoms with E-state index in [4.69, 9.17) is 46.4 Å². The molecule has 1 amide bonds. The molecule has 0 atom stereocenters. The molecule has 0 fully saturated rings. The van der Waals surface area contributed by atoms with Gasteiger partial charge >= 0.3 is 0 Å². The maximum atomic E-state index is 13.3. The Kier molecular flexibility index (Phi) is 6.05. The number of anilines is 1. The zero-order valence-corrected chi connectivity index (χ0v) is 16.3. The highest BCUT2D eigenvalue weighted by Crippen LogP contribution is 2.36. The average molecular weight is 426 g/mol. The Labute approximate surface area is 171 Å². The molecule has 3 rings (SSSR count). The van der Waals surface area contributed by atoms with Gasteiger partial charge in [-0.05, 0) is 17.7 Å². The molecule has 2 aromatic carbocycles. The molecule has 0 N–H and O–H groups in total. The smallest absolute Gasteiger partial charge is 0.263 e. The molecule has 1 heterocycles. The van der Waals surface area contributed by atoms with Gasteiger partial charge in [-0.25, -0.2) is 4.98 Å². The zero-order chi connectivity index (χ0) is 18.7. The van der Waals surface area contributed by atoms with Gasteiger partial charge in [0.1, 0.15) is 5.15 Å². The Morgan fingerprint density at radius 3 is 2.00 bits per heavy atom. The molecule has 3 aromatic rings. The minimum atomic E-state index is -0.416. The van der Waals surface area contributed by atoms with E-state index in [1.807, 2.05) is 60.7 Å². The van der Waals surface area contributed by atoms with Gasteiger partial charge in [-0.2, -0.15) is 0 Å². The van der Waals surface area contributed by atoms with Crippen LogP contribution >= 0.6 is 46.4 Å². The van der Waals surface area contributed by atoms with Gasteiger partial charge in [0.05, 0.1) is 22.2 Å². The summed E-state index contributed by atoms with van der Waals surface area (Å²) >= 11 is 24.3. The first-order valence-electron chi connectivity index (χ1n) is 7.60. The molecule has 0 bridgehead atoms. The van der Waals surface area contributed by atoms with Crippen molar-refractivity contribution in [1.29, 1.82) is 0 Å². The van der Waals surface area contributed by atoms with E-state index in [0.29, 0.717) is 12.2 Å². The number of pyridine rings is 1. The van der Waals surface area contributed by atoms with Gasteiger partial charge in [0.25, 0.3) is 5.91 Å². The molecule has 0 aliphatic rings. The van der Waals surface area contributed by atoms with Crippen molar-refractivity contribution in [3.63, 3.8) is 0 Å². The fourth-order valence-corrected chi connectivity index (χ4v) is 3.43. The van der Waals surface area contributed by atoms with E-state index < -0.39 is 5.91 Å². The quantitative estimate of drug-likeness (QED) is 0.444. The molecule has 0 saturated heterocycles. The second-order valence-corrected chi connectivity index (χ2v) is 6.88. The van der Waals surface area contributed by atoms with Crippen LogP contribution in [0.15, 0.2) is 60.7 Å². The van der Waals surface area contributed by atoms with E-state index in [1.54, 1.807) is 4.90 Å². The molecule has 0 aliphatic carbocycles. The lowest BCUT2D eigenvalue weighted by molar-refractivity contribution is 0.0985. The monoisotopic (exact) mass is 424 g/mol. The summed E-state index contributed by atoms with van der Waals surface area (Å²) in [7, 11) is 0. The van der Waals surface area contributed by atoms with Crippen LogP contribution in [-0.2, 0) is 6.54 Å². The van der Waals surface area contributed by atoms with Gasteiger partial charge in [0.2, 0.25) is 0 Å². The van der Waals surface area contributed by atoms with Crippen molar-refractivity contribution in [2.24, 2.45) is 0 Å². The molecule has 0 aliphatic heterocycles. The van der Waals surface area contributed by atoms with Crippen molar-refractivity contribution in [1.82, 2.24) is 4.98 Å². The number of amides is 1. The van der Waals surface area contributed by atoms with E-state index in [-0.39, 0.29) is 25.9 Å². The summed E-state index contributed by atoms with van der Waals surface area (Å²) in [5, 5.41) is -0.166. The minimum Gasteiger partial charge on any atom is -0.304 e. The number of rotatable bonds is 4. The molecule has 0 unspecified atom stereocenters. The number of hydrogen-bond acceptors (Lipinski definition) is 2. The molecular weight excluding hydrogens is 414 g/mol. The molecule has 1 aromatic heterocycles. The van der Waals surface area contributed by atoms with Gasteiger partial charge in [0.15, 0.2) is 5.15 Å². The summed E-state index contributed by atoms with van der Waals surface area (Å²) in [6.07, 6.45) is 0. The number of carbonyl (C=O) groups is 1. The predicted octanol–water partition coefficient (Wildman–Crippen LogP) is 6.54. The number of carbonyl (C=O) groups excluding carboxylic acids is 1. The van der Waals surface area contributed by atoms with E-state index in [2.05, 4.69) is 4.98 Å². The standard InChI is InChI=1S/C19H12Cl4N2O/c20-15-14(17(22)24-18(23)16(15)21)19(26)25(13-9-5-2-6-10-13)11-12-7-3-1-4-8-12/h1-10H,11H2. The lowest BCUT2D eigenvalue weighted by atomic mass is 10.1. The lowest BCUT2D eigenvalue weighted by Gasteiger charge is -2.24. The second kappa shape index (κ2) is 8.28. The maximum absolute atomic E-state index is 13.3. The van der Waals surface area contributed by atoms with Crippen LogP contribution in [-0.4, -0.2) is 10.9 Å². The van der Waals surface area contributed by atoms with Crippen molar-refractivity contribution in [2.45, 2.75) is 6.54 Å². The van der Waals surface area contributed by atoms with Crippen LogP contribution < -0.4 is 4.90 Å². The largest absolute Gasteiger partial charge is 0.304 e. The molecule has 0 radical (unpaired) electrons. The van der Waals surface area contributed by atoms with Crippen LogP contribution in [0.5, 0.6) is 0 Å². The lowest BCUT2D eigenvalue weighted by Crippen LogP contribution is -2.31. The van der Waals surface area contributed by atoms with Crippen LogP contribution in [0.1, 0.15) is 15.9 Å². The van der Waals surface area contributed by atoms with Crippen molar-refractivity contribution in [3.05, 3.63) is 92.1 Å². The summed E-state index contributed by atoms with van der Waals surface area (Å²) in [6, 6.07) is 18.8. The third-order valence-electron chi connectivity index (χ3n) is 3.71. The number of nitrogens with zero attached hydrogens (tertiary/aromatic N) is 2. The molecule has 0 saturated carbocycles. The van der Waals surface area contributed by atoms with E-state index in [1.165, 1.54) is 0 Å². The number of benzene rings is 2. The maximum Gasteiger partial charge on any atom is 0.263 e. The molecule has 7 heteroatoms. The Hall–Kier alpha value is -1.78. The first kappa shape index (κ1) is 19.0. The van der Waals surface area contributed by atoms with Gasteiger partial charge in [-0.15, -0.1) is 0 Å². The van der Waals surface area contributed by atoms with Gasteiger partial charge in [-0.1, -0.05) is 94.9 Å². The van der Waals surface area contributed by atoms with Crippen LogP contribution in [0.25, 0.3) is 0 Å². The van der Waals surface area contributed by atoms with E-state index >= 15 is 0 Å². The Balaban J connectivity index is 2.08. The summed E-state index contributed by atoms with van der Waals surface area (Å²) in [6.45, 7) is 0.330. The number of halogens is 4. The fourth-order valence-electron chi connectivity index (χ4n) is 2.45. The number of hydrogen-bond donors (Lipinski definition) is 0. The van der Waals surface area contributed by atoms with E-state index in [0.717, 1.165) is 5.56 Å². The summed E-state index contributed by atoms with van der Waals surface area (Å²) in [5.74, 6) is -0.416.